The van der Waals surface area contributed by atoms with Crippen LogP contribution in [0.25, 0.3) is 0 Å². The minimum Gasteiger partial charge on any atom is -0.497 e. The van der Waals surface area contributed by atoms with Crippen molar-refractivity contribution in [1.82, 2.24) is 9.21 Å². The Balaban J connectivity index is 1.93. The smallest absolute Gasteiger partial charge is 0.218 e. The molecule has 1 unspecified atom stereocenters. The van der Waals surface area contributed by atoms with E-state index in [0.717, 1.165) is 4.90 Å². The Labute approximate surface area is 182 Å². The van der Waals surface area contributed by atoms with Crippen molar-refractivity contribution in [2.75, 3.05) is 40.7 Å². The van der Waals surface area contributed by atoms with Crippen LogP contribution in [0.4, 0.5) is 0 Å². The van der Waals surface area contributed by atoms with Gasteiger partial charge in [-0.25, -0.2) is 12.7 Å². The van der Waals surface area contributed by atoms with E-state index in [1.165, 1.54) is 29.6 Å². The average Bonchev–Trinajstić information content (AvgIpc) is 2.74. The molecule has 1 fully saturated rings. The monoisotopic (exact) mass is 424 g/mol. The molecule has 0 saturated carbocycles. The topological polar surface area (TPSA) is 70.1 Å². The van der Waals surface area contributed by atoms with Crippen LogP contribution in [0.5, 0.6) is 5.75 Å². The summed E-state index contributed by atoms with van der Waals surface area (Å²) in [7, 11) is -5.04. The van der Waals surface area contributed by atoms with E-state index in [2.05, 4.69) is 0 Å². The number of methoxy groups -OCH3 is 1. The Kier molecular flexibility index (Phi) is 4.56. The zero-order valence-electron chi connectivity index (χ0n) is 22.3. The minimum atomic E-state index is -3.74. The number of piperidine rings is 1. The van der Waals surface area contributed by atoms with Gasteiger partial charge in [0.1, 0.15) is 5.75 Å². The number of rotatable bonds is 7. The van der Waals surface area contributed by atoms with Crippen molar-refractivity contribution in [1.29, 1.82) is 0 Å². The van der Waals surface area contributed by atoms with Crippen molar-refractivity contribution >= 4 is 10.0 Å². The lowest BCUT2D eigenvalue weighted by Crippen LogP contribution is -2.54. The van der Waals surface area contributed by atoms with E-state index in [1.54, 1.807) is 36.4 Å². The second-order valence-electron chi connectivity index (χ2n) is 7.48. The second kappa shape index (κ2) is 8.83. The summed E-state index contributed by atoms with van der Waals surface area (Å²) in [5.74, 6) is -0.996. The van der Waals surface area contributed by atoms with E-state index in [1.807, 2.05) is 0 Å². The Hall–Kier alpha value is -1.93. The van der Waals surface area contributed by atoms with Crippen LogP contribution in [0.3, 0.4) is 0 Å². The van der Waals surface area contributed by atoms with E-state index in [4.69, 9.17) is 13.0 Å². The number of hydrogen-bond donors (Lipinski definition) is 1. The molecule has 1 aliphatic rings. The molecule has 29 heavy (non-hydrogen) atoms. The largest absolute Gasteiger partial charge is 0.497 e. The number of hydrogen-bond acceptors (Lipinski definition) is 5. The summed E-state index contributed by atoms with van der Waals surface area (Å²) in [6.07, 6.45) is -0.00223. The summed E-state index contributed by atoms with van der Waals surface area (Å²) in [5, 5.41) is 11.8. The first-order chi connectivity index (χ1) is 16.1. The molecular formula is C22H30N2O4S. The maximum atomic E-state index is 13.2. The first kappa shape index (κ1) is 15.0. The molecular weight excluding hydrogens is 388 g/mol. The van der Waals surface area contributed by atoms with Gasteiger partial charge < -0.3 is 14.7 Å². The molecule has 6 nitrogen and oxygen atoms in total. The molecule has 7 heteroatoms. The van der Waals surface area contributed by atoms with Crippen molar-refractivity contribution in [3.8, 4) is 5.75 Å². The van der Waals surface area contributed by atoms with Gasteiger partial charge >= 0.3 is 0 Å². The zero-order valence-corrected chi connectivity index (χ0v) is 17.1. The molecule has 1 heterocycles. The van der Waals surface area contributed by atoms with Crippen molar-refractivity contribution < 1.29 is 26.5 Å². The fourth-order valence-corrected chi connectivity index (χ4v) is 5.44. The van der Waals surface area contributed by atoms with Crippen molar-refractivity contribution in [3.05, 3.63) is 65.7 Å². The number of benzene rings is 2. The van der Waals surface area contributed by atoms with E-state index >= 15 is 0 Å². The van der Waals surface area contributed by atoms with Crippen LogP contribution in [0.1, 0.15) is 25.8 Å². The summed E-state index contributed by atoms with van der Waals surface area (Å²) in [5.41, 5.74) is -0.644. The Morgan fingerprint density at radius 3 is 2.79 bits per heavy atom. The number of nitrogens with zero attached hydrogens (tertiary/aromatic N) is 2. The average molecular weight is 425 g/mol. The van der Waals surface area contributed by atoms with Crippen LogP contribution < -0.4 is 4.74 Å². The SMILES string of the molecule is [2H]C([2H])([2H])Oc1cccc([C@]2(O)CCN(S(=O)(=O)Cc3ccccc3)CC2CN(C)C([2H])([2H])[2H])c1. The third kappa shape index (κ3) is 4.98. The summed E-state index contributed by atoms with van der Waals surface area (Å²) in [6, 6.07) is 14.7. The molecule has 158 valence electrons. The van der Waals surface area contributed by atoms with E-state index in [9.17, 15) is 13.5 Å². The molecule has 0 radical (unpaired) electrons. The number of aliphatic hydroxyl groups is 1. The van der Waals surface area contributed by atoms with Gasteiger partial charge in [0.05, 0.1) is 22.5 Å². The third-order valence-electron chi connectivity index (χ3n) is 5.37. The van der Waals surface area contributed by atoms with Gasteiger partial charge in [0.25, 0.3) is 0 Å². The van der Waals surface area contributed by atoms with Crippen LogP contribution >= 0.6 is 0 Å². The lowest BCUT2D eigenvalue weighted by atomic mass is 9.76. The van der Waals surface area contributed by atoms with Gasteiger partial charge in [0.15, 0.2) is 0 Å². The molecule has 2 aromatic rings. The molecule has 3 rings (SSSR count). The van der Waals surface area contributed by atoms with Gasteiger partial charge in [-0.15, -0.1) is 0 Å². The first-order valence-electron chi connectivity index (χ1n) is 12.4. The fraction of sp³-hybridized carbons (Fsp3) is 0.455. The van der Waals surface area contributed by atoms with Gasteiger partial charge in [-0.3, -0.25) is 0 Å². The lowest BCUT2D eigenvalue weighted by Gasteiger charge is -2.45. The molecule has 1 saturated heterocycles. The van der Waals surface area contributed by atoms with Gasteiger partial charge in [0.2, 0.25) is 10.0 Å². The standard InChI is InChI=1S/C22H30N2O4S/c1-23(2)15-20-16-24(29(26,27)17-18-8-5-4-6-9-18)13-12-22(20,25)19-10-7-11-21(14-19)28-3/h4-11,14,20,25H,12-13,15-17H2,1-3H3/t20?,22-/m1/s1/i1D3,3D3. The molecule has 0 amide bonds. The molecule has 1 aliphatic heterocycles. The minimum absolute atomic E-state index is 0.00223. The normalized spacial score (nSPS) is 27.2. The highest BCUT2D eigenvalue weighted by atomic mass is 32.2. The molecule has 0 aliphatic carbocycles. The predicted molar refractivity (Wildman–Crippen MR) is 114 cm³/mol. The molecule has 2 atom stereocenters. The van der Waals surface area contributed by atoms with E-state index in [0.29, 0.717) is 11.1 Å². The fourth-order valence-electron chi connectivity index (χ4n) is 3.86. The highest BCUT2D eigenvalue weighted by Gasteiger charge is 2.45. The van der Waals surface area contributed by atoms with Gasteiger partial charge in [-0.05, 0) is 43.7 Å². The van der Waals surface area contributed by atoms with Crippen LogP contribution in [0.2, 0.25) is 0 Å². The Bertz CT molecular complexity index is 1110. The third-order valence-corrected chi connectivity index (χ3v) is 7.19. The zero-order chi connectivity index (χ0) is 26.1. The summed E-state index contributed by atoms with van der Waals surface area (Å²) in [4.78, 5) is 1.10. The predicted octanol–water partition coefficient (Wildman–Crippen LogP) is 2.30. The molecule has 0 bridgehead atoms. The Morgan fingerprint density at radius 2 is 2.07 bits per heavy atom. The summed E-state index contributed by atoms with van der Waals surface area (Å²) >= 11 is 0. The molecule has 0 aromatic heterocycles. The molecule has 1 N–H and O–H groups in total. The van der Waals surface area contributed by atoms with Crippen molar-refractivity contribution in [3.63, 3.8) is 0 Å². The van der Waals surface area contributed by atoms with Gasteiger partial charge in [-0.1, -0.05) is 42.5 Å². The van der Waals surface area contributed by atoms with Crippen LogP contribution in [-0.2, 0) is 21.4 Å². The molecule has 2 aromatic carbocycles. The second-order valence-corrected chi connectivity index (χ2v) is 9.45. The van der Waals surface area contributed by atoms with E-state index < -0.39 is 35.6 Å². The van der Waals surface area contributed by atoms with E-state index in [-0.39, 0.29) is 37.6 Å². The lowest BCUT2D eigenvalue weighted by molar-refractivity contribution is -0.0698. The maximum Gasteiger partial charge on any atom is 0.218 e. The summed E-state index contributed by atoms with van der Waals surface area (Å²) in [6.45, 7) is -2.65. The highest BCUT2D eigenvalue weighted by Crippen LogP contribution is 2.40. The van der Waals surface area contributed by atoms with Crippen molar-refractivity contribution in [2.45, 2.75) is 17.8 Å². The number of sulfonamides is 1. The van der Waals surface area contributed by atoms with Crippen molar-refractivity contribution in [2.24, 2.45) is 5.92 Å². The van der Waals surface area contributed by atoms with Gasteiger partial charge in [0, 0.05) is 29.7 Å². The number of ether oxygens (including phenoxy) is 1. The van der Waals surface area contributed by atoms with Gasteiger partial charge in [-0.2, -0.15) is 0 Å². The van der Waals surface area contributed by atoms with Crippen LogP contribution in [0.15, 0.2) is 54.6 Å². The summed E-state index contributed by atoms with van der Waals surface area (Å²) < 4.78 is 77.7. The van der Waals surface area contributed by atoms with Crippen LogP contribution in [-0.4, -0.2) is 63.4 Å². The first-order valence-corrected chi connectivity index (χ1v) is 11.0. The quantitative estimate of drug-likeness (QED) is 0.739. The highest BCUT2D eigenvalue weighted by molar-refractivity contribution is 7.88. The maximum absolute atomic E-state index is 13.2. The van der Waals surface area contributed by atoms with Crippen LogP contribution in [0, 0.1) is 5.92 Å². The Morgan fingerprint density at radius 1 is 1.28 bits per heavy atom. The molecule has 0 spiro atoms.